The molecule has 1 unspecified atom stereocenters. The summed E-state index contributed by atoms with van der Waals surface area (Å²) in [4.78, 5) is 18.1. The quantitative estimate of drug-likeness (QED) is 0.350. The van der Waals surface area contributed by atoms with E-state index in [9.17, 15) is 4.79 Å². The number of benzene rings is 2. The molecule has 1 amide bonds. The van der Waals surface area contributed by atoms with Crippen molar-refractivity contribution in [3.63, 3.8) is 0 Å². The molecule has 8 nitrogen and oxygen atoms in total. The van der Waals surface area contributed by atoms with Crippen LogP contribution in [0, 0.1) is 13.8 Å². The molecule has 0 bridgehead atoms. The summed E-state index contributed by atoms with van der Waals surface area (Å²) >= 11 is 0. The van der Waals surface area contributed by atoms with Crippen LogP contribution in [0.4, 0.5) is 11.6 Å². The van der Waals surface area contributed by atoms with Gasteiger partial charge in [-0.15, -0.1) is 0 Å². The van der Waals surface area contributed by atoms with Gasteiger partial charge in [0.15, 0.2) is 11.5 Å². The summed E-state index contributed by atoms with van der Waals surface area (Å²) in [6.45, 7) is 11.2. The zero-order valence-corrected chi connectivity index (χ0v) is 21.7. The molecular weight excluding hydrogens is 454 g/mol. The maximum atomic E-state index is 13.7. The minimum Gasteiger partial charge on any atom is -0.490 e. The van der Waals surface area contributed by atoms with E-state index in [-0.39, 0.29) is 5.91 Å². The van der Waals surface area contributed by atoms with Gasteiger partial charge in [-0.2, -0.15) is 10.1 Å². The van der Waals surface area contributed by atoms with E-state index in [0.29, 0.717) is 36.2 Å². The number of hydrogen-bond acceptors (Lipinski definition) is 6. The molecule has 0 saturated heterocycles. The first-order valence-electron chi connectivity index (χ1n) is 12.6. The van der Waals surface area contributed by atoms with Crippen molar-refractivity contribution in [2.45, 2.75) is 59.9 Å². The molecule has 2 heterocycles. The van der Waals surface area contributed by atoms with Gasteiger partial charge in [-0.1, -0.05) is 38.0 Å². The van der Waals surface area contributed by atoms with Crippen LogP contribution < -0.4 is 20.1 Å². The Bertz CT molecular complexity index is 1260. The topological polar surface area (TPSA) is 90.3 Å². The van der Waals surface area contributed by atoms with Gasteiger partial charge in [0.1, 0.15) is 12.4 Å². The molecule has 1 atom stereocenters. The third-order valence-electron chi connectivity index (χ3n) is 6.48. The number of unbranched alkanes of at least 4 members (excludes halogenated alkanes) is 2. The Balaban J connectivity index is 1.71. The Morgan fingerprint density at radius 3 is 2.69 bits per heavy atom. The summed E-state index contributed by atoms with van der Waals surface area (Å²) in [6.07, 6.45) is 4.73. The Morgan fingerprint density at radius 1 is 1.08 bits per heavy atom. The summed E-state index contributed by atoms with van der Waals surface area (Å²) in [5.74, 6) is 1.74. The predicted molar refractivity (Wildman–Crippen MR) is 142 cm³/mol. The van der Waals surface area contributed by atoms with Gasteiger partial charge in [0, 0.05) is 11.4 Å². The number of ether oxygens (including phenoxy) is 2. The van der Waals surface area contributed by atoms with Gasteiger partial charge in [0.2, 0.25) is 5.95 Å². The van der Waals surface area contributed by atoms with Crippen LogP contribution in [0.2, 0.25) is 0 Å². The van der Waals surface area contributed by atoms with Gasteiger partial charge in [-0.3, -0.25) is 4.79 Å². The Morgan fingerprint density at radius 2 is 1.92 bits per heavy atom. The van der Waals surface area contributed by atoms with E-state index < -0.39 is 6.04 Å². The van der Waals surface area contributed by atoms with Gasteiger partial charge in [0.25, 0.3) is 5.91 Å². The van der Waals surface area contributed by atoms with Crippen molar-refractivity contribution in [2.75, 3.05) is 23.8 Å². The SMILES string of the molecule is CCCCCOc1ccc(C2C(C(=O)Nc3cccc(C)c3C)=C(C)Nc3ncnn32)cc1OCC. The number of nitrogens with one attached hydrogen (secondary N) is 2. The van der Waals surface area contributed by atoms with Crippen molar-refractivity contribution in [1.82, 2.24) is 14.8 Å². The fourth-order valence-electron chi connectivity index (χ4n) is 4.39. The number of aryl methyl sites for hydroxylation is 1. The molecule has 8 heteroatoms. The second-order valence-electron chi connectivity index (χ2n) is 8.99. The summed E-state index contributed by atoms with van der Waals surface area (Å²) < 4.78 is 13.7. The van der Waals surface area contributed by atoms with Crippen molar-refractivity contribution < 1.29 is 14.3 Å². The molecule has 3 aromatic rings. The smallest absolute Gasteiger partial charge is 0.255 e. The number of nitrogens with zero attached hydrogens (tertiary/aromatic N) is 3. The zero-order chi connectivity index (χ0) is 25.7. The Kier molecular flexibility index (Phi) is 7.93. The van der Waals surface area contributed by atoms with E-state index in [4.69, 9.17) is 9.47 Å². The summed E-state index contributed by atoms with van der Waals surface area (Å²) in [6, 6.07) is 11.2. The molecule has 36 heavy (non-hydrogen) atoms. The molecule has 2 N–H and O–H groups in total. The van der Waals surface area contributed by atoms with Crippen LogP contribution in [0.1, 0.15) is 62.8 Å². The van der Waals surface area contributed by atoms with E-state index in [1.807, 2.05) is 64.1 Å². The highest BCUT2D eigenvalue weighted by molar-refractivity contribution is 6.06. The third kappa shape index (κ3) is 5.22. The van der Waals surface area contributed by atoms with Gasteiger partial charge in [-0.05, 0) is 69.0 Å². The number of carbonyl (C=O) groups is 1. The first kappa shape index (κ1) is 25.3. The standard InChI is InChI=1S/C28H35N5O3/c1-6-8-9-15-36-23-14-13-21(16-24(23)35-7-2)26-25(20(5)31-28-29-17-30-33(26)28)27(34)32-22-12-10-11-18(3)19(22)4/h10-14,16-17,26H,6-9,15H2,1-5H3,(H,32,34)(H,29,30,31). The number of aromatic nitrogens is 3. The monoisotopic (exact) mass is 489 g/mol. The lowest BCUT2D eigenvalue weighted by atomic mass is 9.94. The van der Waals surface area contributed by atoms with E-state index in [1.165, 1.54) is 6.33 Å². The van der Waals surface area contributed by atoms with Crippen LogP contribution in [0.15, 0.2) is 54.0 Å². The molecule has 0 radical (unpaired) electrons. The second-order valence-corrected chi connectivity index (χ2v) is 8.99. The molecule has 2 aromatic carbocycles. The van der Waals surface area contributed by atoms with E-state index >= 15 is 0 Å². The van der Waals surface area contributed by atoms with Gasteiger partial charge >= 0.3 is 0 Å². The van der Waals surface area contributed by atoms with Crippen LogP contribution in [-0.2, 0) is 4.79 Å². The number of allylic oxidation sites excluding steroid dienone is 1. The van der Waals surface area contributed by atoms with Crippen LogP contribution in [0.5, 0.6) is 11.5 Å². The van der Waals surface area contributed by atoms with Crippen molar-refractivity contribution in [1.29, 1.82) is 0 Å². The number of anilines is 2. The minimum absolute atomic E-state index is 0.197. The summed E-state index contributed by atoms with van der Waals surface area (Å²) in [5.41, 5.74) is 5.09. The number of fused-ring (bicyclic) bond motifs is 1. The molecule has 1 aliphatic rings. The normalized spacial score (nSPS) is 14.8. The molecule has 4 rings (SSSR count). The maximum Gasteiger partial charge on any atom is 0.255 e. The van der Waals surface area contributed by atoms with Gasteiger partial charge < -0.3 is 20.1 Å². The lowest BCUT2D eigenvalue weighted by molar-refractivity contribution is -0.113. The minimum atomic E-state index is -0.484. The van der Waals surface area contributed by atoms with E-state index in [0.717, 1.165) is 47.3 Å². The van der Waals surface area contributed by atoms with Crippen LogP contribution in [0.25, 0.3) is 0 Å². The number of carbonyl (C=O) groups excluding carboxylic acids is 1. The molecule has 190 valence electrons. The van der Waals surface area contributed by atoms with Crippen molar-refractivity contribution in [2.24, 2.45) is 0 Å². The first-order chi connectivity index (χ1) is 17.4. The molecule has 0 spiro atoms. The highest BCUT2D eigenvalue weighted by Gasteiger charge is 2.34. The van der Waals surface area contributed by atoms with Crippen molar-refractivity contribution in [3.05, 3.63) is 70.7 Å². The van der Waals surface area contributed by atoms with Crippen molar-refractivity contribution in [3.8, 4) is 11.5 Å². The van der Waals surface area contributed by atoms with Crippen LogP contribution in [0.3, 0.4) is 0 Å². The first-order valence-corrected chi connectivity index (χ1v) is 12.6. The molecular formula is C28H35N5O3. The number of amides is 1. The Labute approximate surface area is 212 Å². The summed E-state index contributed by atoms with van der Waals surface area (Å²) in [7, 11) is 0. The molecule has 1 aliphatic heterocycles. The lowest BCUT2D eigenvalue weighted by Gasteiger charge is -2.29. The third-order valence-corrected chi connectivity index (χ3v) is 6.48. The van der Waals surface area contributed by atoms with Crippen LogP contribution in [-0.4, -0.2) is 33.9 Å². The second kappa shape index (κ2) is 11.3. The van der Waals surface area contributed by atoms with Crippen molar-refractivity contribution >= 4 is 17.5 Å². The predicted octanol–water partition coefficient (Wildman–Crippen LogP) is 5.79. The fourth-order valence-corrected chi connectivity index (χ4v) is 4.39. The van der Waals surface area contributed by atoms with Gasteiger partial charge in [0.05, 0.1) is 18.8 Å². The average molecular weight is 490 g/mol. The van der Waals surface area contributed by atoms with E-state index in [2.05, 4.69) is 27.6 Å². The maximum absolute atomic E-state index is 13.7. The molecule has 0 fully saturated rings. The van der Waals surface area contributed by atoms with Gasteiger partial charge in [-0.25, -0.2) is 4.68 Å². The lowest BCUT2D eigenvalue weighted by Crippen LogP contribution is -2.31. The van der Waals surface area contributed by atoms with Crippen LogP contribution >= 0.6 is 0 Å². The number of rotatable bonds is 10. The molecule has 1 aromatic heterocycles. The highest BCUT2D eigenvalue weighted by atomic mass is 16.5. The molecule has 0 aliphatic carbocycles. The Hall–Kier alpha value is -3.81. The zero-order valence-electron chi connectivity index (χ0n) is 21.7. The molecule has 0 saturated carbocycles. The highest BCUT2D eigenvalue weighted by Crippen LogP contribution is 2.39. The fraction of sp³-hybridized carbons (Fsp3) is 0.393. The largest absolute Gasteiger partial charge is 0.490 e. The number of hydrogen-bond donors (Lipinski definition) is 2. The summed E-state index contributed by atoms with van der Waals surface area (Å²) in [5, 5.41) is 10.8. The van der Waals surface area contributed by atoms with E-state index in [1.54, 1.807) is 4.68 Å². The average Bonchev–Trinajstić information content (AvgIpc) is 3.32.